The van der Waals surface area contributed by atoms with Crippen LogP contribution in [0.15, 0.2) is 0 Å². The molecule has 0 saturated heterocycles. The Morgan fingerprint density at radius 3 is 1.18 bits per heavy atom. The molecule has 0 saturated carbocycles. The molecule has 0 amide bonds. The Hall–Kier alpha value is -0.630. The SMILES string of the molecule is CCCCCCCCCCCCCCCCCC(=O)CC(COP(=O)(O)OCC(O)CO)C(=O)CCCCCCCCCCCCCCCCC. The molecule has 0 heterocycles. The maximum Gasteiger partial charge on any atom is 0.472 e. The first kappa shape index (κ1) is 50.4. The lowest BCUT2D eigenvalue weighted by Gasteiger charge is -2.19. The number of ketones is 2. The Balaban J connectivity index is 4.29. The fourth-order valence-electron chi connectivity index (χ4n) is 6.67. The molecule has 51 heavy (non-hydrogen) atoms. The van der Waals surface area contributed by atoms with Crippen LogP contribution in [0.2, 0.25) is 0 Å². The molecule has 0 aromatic rings. The van der Waals surface area contributed by atoms with Gasteiger partial charge >= 0.3 is 7.82 Å². The number of phosphoric acid groups is 1. The van der Waals surface area contributed by atoms with E-state index in [0.29, 0.717) is 12.8 Å². The number of Topliss-reactive ketones (excluding diaryl/α,β-unsaturated/α-hetero) is 2. The van der Waals surface area contributed by atoms with E-state index < -0.39 is 33.1 Å². The molecule has 8 nitrogen and oxygen atoms in total. The maximum absolute atomic E-state index is 13.1. The lowest BCUT2D eigenvalue weighted by molar-refractivity contribution is -0.129. The molecular weight excluding hydrogens is 663 g/mol. The molecule has 0 aromatic carbocycles. The van der Waals surface area contributed by atoms with Gasteiger partial charge in [-0.2, -0.15) is 0 Å². The van der Waals surface area contributed by atoms with Crippen molar-refractivity contribution >= 4 is 19.4 Å². The highest BCUT2D eigenvalue weighted by atomic mass is 31.2. The molecule has 3 unspecified atom stereocenters. The van der Waals surface area contributed by atoms with E-state index in [1.807, 2.05) is 0 Å². The van der Waals surface area contributed by atoms with E-state index in [4.69, 9.17) is 14.2 Å². The molecular formula is C42H83O8P. The third-order valence-corrected chi connectivity index (χ3v) is 11.0. The average Bonchev–Trinajstić information content (AvgIpc) is 3.12. The Morgan fingerprint density at radius 2 is 0.824 bits per heavy atom. The van der Waals surface area contributed by atoms with Gasteiger partial charge < -0.3 is 15.1 Å². The fraction of sp³-hybridized carbons (Fsp3) is 0.952. The normalized spacial score (nSPS) is 14.1. The highest BCUT2D eigenvalue weighted by molar-refractivity contribution is 7.47. The summed E-state index contributed by atoms with van der Waals surface area (Å²) in [6.07, 6.45) is 36.8. The van der Waals surface area contributed by atoms with Crippen LogP contribution in [0, 0.1) is 5.92 Å². The van der Waals surface area contributed by atoms with E-state index in [0.717, 1.165) is 38.5 Å². The van der Waals surface area contributed by atoms with Crippen LogP contribution in [0.4, 0.5) is 0 Å². The van der Waals surface area contributed by atoms with E-state index >= 15 is 0 Å². The third kappa shape index (κ3) is 36.1. The van der Waals surface area contributed by atoms with Gasteiger partial charge in [-0.05, 0) is 12.8 Å². The minimum absolute atomic E-state index is 0.00452. The van der Waals surface area contributed by atoms with Crippen molar-refractivity contribution < 1.29 is 38.3 Å². The molecule has 304 valence electrons. The maximum atomic E-state index is 13.1. The van der Waals surface area contributed by atoms with Gasteiger partial charge in [-0.1, -0.05) is 194 Å². The van der Waals surface area contributed by atoms with Crippen LogP contribution in [0.5, 0.6) is 0 Å². The molecule has 0 fully saturated rings. The molecule has 0 bridgehead atoms. The van der Waals surface area contributed by atoms with Gasteiger partial charge in [0.05, 0.1) is 19.8 Å². The van der Waals surface area contributed by atoms with Crippen LogP contribution >= 0.6 is 7.82 Å². The quantitative estimate of drug-likeness (QED) is 0.0416. The number of phosphoric ester groups is 1. The van der Waals surface area contributed by atoms with Crippen molar-refractivity contribution in [2.75, 3.05) is 19.8 Å². The van der Waals surface area contributed by atoms with Gasteiger partial charge in [0.2, 0.25) is 0 Å². The molecule has 3 N–H and O–H groups in total. The van der Waals surface area contributed by atoms with Crippen molar-refractivity contribution in [3.05, 3.63) is 0 Å². The summed E-state index contributed by atoms with van der Waals surface area (Å²) in [5, 5.41) is 18.4. The second-order valence-electron chi connectivity index (χ2n) is 15.2. The second kappa shape index (κ2) is 37.7. The van der Waals surface area contributed by atoms with Crippen LogP contribution in [-0.4, -0.2) is 52.6 Å². The van der Waals surface area contributed by atoms with Crippen molar-refractivity contribution in [1.82, 2.24) is 0 Å². The molecule has 0 spiro atoms. The van der Waals surface area contributed by atoms with Gasteiger partial charge in [0.1, 0.15) is 17.7 Å². The number of hydrogen-bond donors (Lipinski definition) is 3. The summed E-state index contributed by atoms with van der Waals surface area (Å²) in [7, 11) is -4.55. The molecule has 0 aliphatic carbocycles. The van der Waals surface area contributed by atoms with E-state index in [9.17, 15) is 24.2 Å². The first-order chi connectivity index (χ1) is 24.8. The minimum Gasteiger partial charge on any atom is -0.394 e. The zero-order chi connectivity index (χ0) is 37.7. The van der Waals surface area contributed by atoms with Gasteiger partial charge in [-0.15, -0.1) is 0 Å². The number of carbonyl (C=O) groups is 2. The van der Waals surface area contributed by atoms with Crippen molar-refractivity contribution in [3.63, 3.8) is 0 Å². The summed E-state index contributed by atoms with van der Waals surface area (Å²) in [4.78, 5) is 36.0. The Morgan fingerprint density at radius 1 is 0.510 bits per heavy atom. The Kier molecular flexibility index (Phi) is 37.2. The van der Waals surface area contributed by atoms with Gasteiger partial charge in [0.25, 0.3) is 0 Å². The number of aliphatic hydroxyl groups is 2. The van der Waals surface area contributed by atoms with E-state index in [2.05, 4.69) is 13.8 Å². The van der Waals surface area contributed by atoms with Crippen molar-refractivity contribution in [3.8, 4) is 0 Å². The highest BCUT2D eigenvalue weighted by Crippen LogP contribution is 2.44. The lowest BCUT2D eigenvalue weighted by Crippen LogP contribution is -2.24. The average molecular weight is 747 g/mol. The van der Waals surface area contributed by atoms with Crippen molar-refractivity contribution in [2.24, 2.45) is 5.92 Å². The first-order valence-electron chi connectivity index (χ1n) is 21.7. The summed E-state index contributed by atoms with van der Waals surface area (Å²) < 4.78 is 22.1. The van der Waals surface area contributed by atoms with Crippen LogP contribution in [0.1, 0.15) is 226 Å². The summed E-state index contributed by atoms with van der Waals surface area (Å²) in [6.45, 7) is 2.94. The topological polar surface area (TPSA) is 130 Å². The number of carbonyl (C=O) groups excluding carboxylic acids is 2. The molecule has 0 aliphatic rings. The van der Waals surface area contributed by atoms with E-state index in [1.165, 1.54) is 154 Å². The number of unbranched alkanes of at least 4 members (excludes halogenated alkanes) is 28. The Bertz CT molecular complexity index is 823. The predicted octanol–water partition coefficient (Wildman–Crippen LogP) is 12.1. The summed E-state index contributed by atoms with van der Waals surface area (Å²) in [6, 6.07) is 0. The largest absolute Gasteiger partial charge is 0.472 e. The van der Waals surface area contributed by atoms with Gasteiger partial charge in [0.15, 0.2) is 0 Å². The molecule has 3 atom stereocenters. The smallest absolute Gasteiger partial charge is 0.394 e. The van der Waals surface area contributed by atoms with E-state index in [-0.39, 0.29) is 24.6 Å². The zero-order valence-electron chi connectivity index (χ0n) is 33.4. The number of aliphatic hydroxyl groups excluding tert-OH is 2. The van der Waals surface area contributed by atoms with Gasteiger partial charge in [-0.25, -0.2) is 4.57 Å². The fourth-order valence-corrected chi connectivity index (χ4v) is 7.47. The first-order valence-corrected chi connectivity index (χ1v) is 23.2. The lowest BCUT2D eigenvalue weighted by atomic mass is 9.92. The van der Waals surface area contributed by atoms with Crippen LogP contribution < -0.4 is 0 Å². The monoisotopic (exact) mass is 747 g/mol. The summed E-state index contributed by atoms with van der Waals surface area (Å²) in [5.74, 6) is -0.940. The minimum atomic E-state index is -4.55. The highest BCUT2D eigenvalue weighted by Gasteiger charge is 2.28. The van der Waals surface area contributed by atoms with Crippen molar-refractivity contribution in [2.45, 2.75) is 232 Å². The summed E-state index contributed by atoms with van der Waals surface area (Å²) in [5.41, 5.74) is 0. The Labute approximate surface area is 314 Å². The standard InChI is InChI=1S/C42H83O8P/c1-3-5-7-9-11-13-15-17-19-21-23-25-27-29-31-33-40(44)35-39(37-49-51(47,48)50-38-41(45)36-43)42(46)34-32-30-28-26-24-22-20-18-16-14-12-10-8-6-4-2/h39,41,43,45H,3-38H2,1-2H3,(H,47,48). The molecule has 9 heteroatoms. The molecule has 0 rings (SSSR count). The summed E-state index contributed by atoms with van der Waals surface area (Å²) >= 11 is 0. The predicted molar refractivity (Wildman–Crippen MR) is 212 cm³/mol. The van der Waals surface area contributed by atoms with Crippen LogP contribution in [0.25, 0.3) is 0 Å². The van der Waals surface area contributed by atoms with Crippen LogP contribution in [0.3, 0.4) is 0 Å². The number of rotatable bonds is 42. The molecule has 0 aliphatic heterocycles. The third-order valence-electron chi connectivity index (χ3n) is 10.1. The van der Waals surface area contributed by atoms with Gasteiger partial charge in [-0.3, -0.25) is 18.6 Å². The van der Waals surface area contributed by atoms with Gasteiger partial charge in [0, 0.05) is 25.2 Å². The molecule has 0 radical (unpaired) electrons. The zero-order valence-corrected chi connectivity index (χ0v) is 34.3. The number of hydrogen-bond acceptors (Lipinski definition) is 7. The molecule has 0 aromatic heterocycles. The second-order valence-corrected chi connectivity index (χ2v) is 16.7. The van der Waals surface area contributed by atoms with Crippen molar-refractivity contribution in [1.29, 1.82) is 0 Å². The van der Waals surface area contributed by atoms with E-state index in [1.54, 1.807) is 0 Å². The van der Waals surface area contributed by atoms with Crippen LogP contribution in [-0.2, 0) is 23.2 Å².